The van der Waals surface area contributed by atoms with Crippen LogP contribution in [0.5, 0.6) is 0 Å². The molecule has 23 aromatic carbocycles. The van der Waals surface area contributed by atoms with E-state index in [1.807, 2.05) is 60.7 Å². The molecular weight excluding hydrogens is 1690 g/mol. The molecule has 4 aliphatic rings. The van der Waals surface area contributed by atoms with Crippen molar-refractivity contribution in [2.45, 2.75) is 31.6 Å². The van der Waals surface area contributed by atoms with Crippen molar-refractivity contribution in [2.24, 2.45) is 0 Å². The van der Waals surface area contributed by atoms with Gasteiger partial charge in [0.2, 0.25) is 0 Å². The molecule has 0 bridgehead atoms. The fourth-order valence-corrected chi connectivity index (χ4v) is 23.8. The van der Waals surface area contributed by atoms with Crippen LogP contribution < -0.4 is 26.2 Å². The Kier molecular flexibility index (Phi) is 14.6. The van der Waals surface area contributed by atoms with Crippen LogP contribution in [0.4, 0.5) is 34.1 Å². The van der Waals surface area contributed by atoms with E-state index in [1.165, 1.54) is 22.3 Å². The Labute approximate surface area is 832 Å². The average Bonchev–Trinajstić information content (AvgIpc) is 1.51. The third kappa shape index (κ3) is 11.9. The molecule has 0 saturated carbocycles. The number of fused-ring (bicyclic) bond motifs is 26. The minimum atomic E-state index is -0.854. The van der Waals surface area contributed by atoms with Gasteiger partial charge in [0.05, 0.1) is 58.0 Å². The maximum absolute atomic E-state index is 10.7. The first kappa shape index (κ1) is 66.7. The summed E-state index contributed by atoms with van der Waals surface area (Å²) in [5.41, 5.74) is 26.0. The van der Waals surface area contributed by atoms with Crippen LogP contribution in [0.15, 0.2) is 485 Å². The molecule has 25 aromatic rings. The molecular formula is C135H89BN4. The number of para-hydroxylation sites is 3. The maximum Gasteiger partial charge on any atom is 0.252 e. The molecule has 4 heterocycles. The highest BCUT2D eigenvalue weighted by molar-refractivity contribution is 7.00. The van der Waals surface area contributed by atoms with Gasteiger partial charge < -0.3 is 18.9 Å². The quantitative estimate of drug-likeness (QED) is 0.0948. The zero-order valence-corrected chi connectivity index (χ0v) is 76.5. The molecule has 0 fully saturated rings. The van der Waals surface area contributed by atoms with Gasteiger partial charge >= 0.3 is 0 Å². The predicted molar refractivity (Wildman–Crippen MR) is 592 cm³/mol. The molecule has 5 heteroatoms. The van der Waals surface area contributed by atoms with Gasteiger partial charge in [0.25, 0.3) is 6.71 Å². The highest BCUT2D eigenvalue weighted by atomic mass is 15.2. The van der Waals surface area contributed by atoms with E-state index in [-0.39, 0.29) is 91.0 Å². The lowest BCUT2D eigenvalue weighted by molar-refractivity contribution is 0.591. The Bertz CT molecular complexity index is 10300. The first-order chi connectivity index (χ1) is 74.9. The lowest BCUT2D eigenvalue weighted by Gasteiger charge is -2.46. The van der Waals surface area contributed by atoms with Gasteiger partial charge in [-0.2, -0.15) is 0 Å². The lowest BCUT2D eigenvalue weighted by Crippen LogP contribution is -2.61. The third-order valence-electron chi connectivity index (χ3n) is 30.1. The van der Waals surface area contributed by atoms with Gasteiger partial charge in [0, 0.05) is 77.9 Å². The van der Waals surface area contributed by atoms with Gasteiger partial charge in [0.1, 0.15) is 0 Å². The fourth-order valence-electron chi connectivity index (χ4n) is 23.8. The highest BCUT2D eigenvalue weighted by Crippen LogP contribution is 2.64. The predicted octanol–water partition coefficient (Wildman–Crippen LogP) is 33.9. The first-order valence-electron chi connectivity index (χ1n) is 54.9. The third-order valence-corrected chi connectivity index (χ3v) is 30.1. The molecule has 1 spiro atoms. The number of aromatic nitrogens is 2. The standard InChI is InChI=1S/C135H89BN4/c1-134(2,3)98-80-112(86-35-12-6-13-36-86)133(113(81-98)87-37-14-7-15-38-87)140-128-83-100(138-124-54-29-24-47-111(124)116-77-91(63-72-126(116)138)85-33-10-5-11-34-85)65-70-122(128)136-121-69-64-99(137-123-53-28-23-46-110(123)115-76-90(62-71-125(115)137)84-31-8-4-9-32-84)82-127(121)139(129-78-97(79-130(140)131(129)136)92-61-68-120-114(75-92)109-45-22-27-52-119(109)135(120)117-50-25-20-43-107(117)108-44-21-26-51-118(108)135)132-105(95-59-66-103-93(73-95)57-55-88-39-16-18-41-101(88)103)48-30-49-106(132)96-60-67-104-94(74-96)58-56-89-40-17-19-42-102(89)104/h4-83H,1-3H3/i23D,24D,28D,29D,46D,47D,53D,54D,62D,63D,71D,72D,76D,77D. The summed E-state index contributed by atoms with van der Waals surface area (Å²) in [6.07, 6.45) is 0. The molecule has 0 N–H and O–H groups in total. The van der Waals surface area contributed by atoms with Crippen molar-refractivity contribution in [3.8, 4) is 112 Å². The summed E-state index contributed by atoms with van der Waals surface area (Å²) in [6.45, 7) is 5.87. The van der Waals surface area contributed by atoms with Crippen LogP contribution in [0.25, 0.3) is 198 Å². The van der Waals surface area contributed by atoms with Crippen molar-refractivity contribution in [3.05, 3.63) is 513 Å². The van der Waals surface area contributed by atoms with Crippen molar-refractivity contribution >= 4 is 144 Å². The molecule has 0 amide bonds. The van der Waals surface area contributed by atoms with E-state index in [9.17, 15) is 19.2 Å². The molecule has 2 aromatic heterocycles. The smallest absolute Gasteiger partial charge is 0.252 e. The van der Waals surface area contributed by atoms with Crippen LogP contribution in [0.3, 0.4) is 0 Å². The van der Waals surface area contributed by atoms with Gasteiger partial charge in [-0.05, 0) is 274 Å². The minimum Gasteiger partial charge on any atom is -0.310 e. The normalized spacial score (nSPS) is 14.5. The molecule has 29 rings (SSSR count). The summed E-state index contributed by atoms with van der Waals surface area (Å²) in [5, 5.41) is 8.69. The first-order valence-corrected chi connectivity index (χ1v) is 47.9. The number of benzene rings is 23. The van der Waals surface area contributed by atoms with Crippen molar-refractivity contribution < 1.29 is 19.2 Å². The Hall–Kier alpha value is -17.6. The van der Waals surface area contributed by atoms with Crippen LogP contribution in [0.1, 0.15) is 67.8 Å². The van der Waals surface area contributed by atoms with Gasteiger partial charge in [-0.1, -0.05) is 403 Å². The zero-order valence-electron chi connectivity index (χ0n) is 90.5. The molecule has 0 atom stereocenters. The summed E-state index contributed by atoms with van der Waals surface area (Å²) in [5.74, 6) is 0. The molecule has 140 heavy (non-hydrogen) atoms. The number of anilines is 6. The zero-order chi connectivity index (χ0) is 105. The van der Waals surface area contributed by atoms with Gasteiger partial charge in [-0.25, -0.2) is 0 Å². The second-order valence-electron chi connectivity index (χ2n) is 38.5. The van der Waals surface area contributed by atoms with E-state index in [4.69, 9.17) is 0 Å². The van der Waals surface area contributed by atoms with Gasteiger partial charge in [-0.15, -0.1) is 0 Å². The summed E-state index contributed by atoms with van der Waals surface area (Å²) in [7, 11) is 0. The van der Waals surface area contributed by atoms with Gasteiger partial charge in [-0.3, -0.25) is 0 Å². The minimum absolute atomic E-state index is 0.00197. The molecule has 2 aliphatic heterocycles. The SMILES string of the molecule is [2H]c1c([2H])c([2H])c2c(c1[2H])c1c([2H])c(-c3ccccc3)c([2H])c([2H])c1n2-c1ccc2c(c1)N(c1c(-c3ccc4c(ccc5ccccc54)c3)cccc1-c1ccc3c(ccc4ccccc43)c1)c1cc(-c3ccc4c(c3)-c3ccccc3C43c4ccccc4-c4ccccc43)cc3c1B2c1ccc(-n2c4c([2H])c([2H])c([2H])c([2H])c4c4c([2H])c(-c5ccccc5)c([2H])c([2H])c42)cc1N3c1c(-c2ccccc2)cc(C(C)(C)C)cc1-c1ccccc1. The molecule has 0 unspecified atom stereocenters. The molecule has 652 valence electrons. The monoisotopic (exact) mass is 1790 g/mol. The van der Waals surface area contributed by atoms with E-state index in [0.29, 0.717) is 33.9 Å². The van der Waals surface area contributed by atoms with E-state index < -0.39 is 65.9 Å². The summed E-state index contributed by atoms with van der Waals surface area (Å²) in [6, 6.07) is 135. The Balaban J connectivity index is 0.817. The molecule has 0 radical (unpaired) electrons. The largest absolute Gasteiger partial charge is 0.310 e. The topological polar surface area (TPSA) is 16.3 Å². The van der Waals surface area contributed by atoms with Crippen molar-refractivity contribution in [1.82, 2.24) is 9.13 Å². The Morgan fingerprint density at radius 2 is 0.621 bits per heavy atom. The molecule has 4 nitrogen and oxygen atoms in total. The second-order valence-corrected chi connectivity index (χ2v) is 38.5. The van der Waals surface area contributed by atoms with E-state index in [2.05, 4.69) is 346 Å². The lowest BCUT2D eigenvalue weighted by atomic mass is 9.33. The fraction of sp³-hybridized carbons (Fsp3) is 0.0370. The van der Waals surface area contributed by atoms with Crippen molar-refractivity contribution in [2.75, 3.05) is 9.80 Å². The summed E-state index contributed by atoms with van der Waals surface area (Å²) >= 11 is 0. The highest BCUT2D eigenvalue weighted by Gasteiger charge is 2.52. The van der Waals surface area contributed by atoms with E-state index in [1.54, 1.807) is 33.4 Å². The second kappa shape index (κ2) is 30.7. The number of hydrogen-bond acceptors (Lipinski definition) is 2. The Morgan fingerprint density at radius 3 is 1.10 bits per heavy atom. The van der Waals surface area contributed by atoms with Crippen LogP contribution in [0.2, 0.25) is 0 Å². The van der Waals surface area contributed by atoms with Crippen LogP contribution in [0, 0.1) is 0 Å². The van der Waals surface area contributed by atoms with Gasteiger partial charge in [0.15, 0.2) is 0 Å². The maximum atomic E-state index is 10.7. The number of rotatable bonds is 11. The summed E-state index contributed by atoms with van der Waals surface area (Å²) in [4.78, 5) is 4.86. The Morgan fingerprint density at radius 1 is 0.236 bits per heavy atom. The van der Waals surface area contributed by atoms with Crippen molar-refractivity contribution in [1.29, 1.82) is 0 Å². The van der Waals surface area contributed by atoms with Crippen LogP contribution in [-0.4, -0.2) is 15.8 Å². The summed E-state index contributed by atoms with van der Waals surface area (Å²) < 4.78 is 146. The average molecular weight is 1790 g/mol. The van der Waals surface area contributed by atoms with Crippen LogP contribution >= 0.6 is 0 Å². The number of hydrogen-bond donors (Lipinski definition) is 0. The van der Waals surface area contributed by atoms with Crippen LogP contribution in [-0.2, 0) is 10.8 Å². The van der Waals surface area contributed by atoms with Crippen molar-refractivity contribution in [3.63, 3.8) is 0 Å². The molecule has 0 saturated heterocycles. The molecule has 2 aliphatic carbocycles. The number of nitrogens with zero attached hydrogens (tertiary/aromatic N) is 4. The van der Waals surface area contributed by atoms with E-state index in [0.717, 1.165) is 166 Å². The van der Waals surface area contributed by atoms with E-state index >= 15 is 0 Å².